The Morgan fingerprint density at radius 3 is 2.45 bits per heavy atom. The fourth-order valence-electron chi connectivity index (χ4n) is 3.29. The summed E-state index contributed by atoms with van der Waals surface area (Å²) in [4.78, 5) is 12.3. The van der Waals surface area contributed by atoms with Gasteiger partial charge in [-0.05, 0) is 36.6 Å². The standard InChI is InChI=1S/C23H27F3N4O3/c1-13(2)20(32-5)12-33-19-9-16-17(10-18(19)31-4)29-14(3)30-22(16)28-11-15-6-7-27-21(8-15)23(24,25)26/h6-10,13,20H,11-12H2,1-5H3,(H,28,29,30). The molecule has 10 heteroatoms. The smallest absolute Gasteiger partial charge is 0.433 e. The van der Waals surface area contributed by atoms with E-state index in [0.29, 0.717) is 46.2 Å². The highest BCUT2D eigenvalue weighted by Gasteiger charge is 2.32. The Morgan fingerprint density at radius 2 is 1.82 bits per heavy atom. The molecule has 0 amide bonds. The molecular weight excluding hydrogens is 437 g/mol. The van der Waals surface area contributed by atoms with Crippen molar-refractivity contribution in [2.45, 2.75) is 39.6 Å². The van der Waals surface area contributed by atoms with Crippen LogP contribution in [0.25, 0.3) is 10.9 Å². The van der Waals surface area contributed by atoms with E-state index in [-0.39, 0.29) is 18.6 Å². The number of benzene rings is 1. The summed E-state index contributed by atoms with van der Waals surface area (Å²) in [5, 5.41) is 3.77. The van der Waals surface area contributed by atoms with E-state index in [4.69, 9.17) is 14.2 Å². The molecule has 0 saturated heterocycles. The monoisotopic (exact) mass is 464 g/mol. The minimum atomic E-state index is -4.51. The summed E-state index contributed by atoms with van der Waals surface area (Å²) < 4.78 is 55.9. The number of anilines is 1. The first kappa shape index (κ1) is 24.5. The number of pyridine rings is 1. The summed E-state index contributed by atoms with van der Waals surface area (Å²) in [5.74, 6) is 2.24. The molecule has 1 aromatic carbocycles. The van der Waals surface area contributed by atoms with Crippen molar-refractivity contribution in [1.29, 1.82) is 0 Å². The second-order valence-corrected chi connectivity index (χ2v) is 7.87. The van der Waals surface area contributed by atoms with E-state index in [1.807, 2.05) is 13.8 Å². The molecule has 0 saturated carbocycles. The number of nitrogens with zero attached hydrogens (tertiary/aromatic N) is 3. The normalized spacial score (nSPS) is 12.8. The van der Waals surface area contributed by atoms with E-state index >= 15 is 0 Å². The Labute approximate surface area is 190 Å². The number of aryl methyl sites for hydroxylation is 1. The van der Waals surface area contributed by atoms with Crippen molar-refractivity contribution in [3.8, 4) is 11.5 Å². The average molecular weight is 464 g/mol. The molecule has 33 heavy (non-hydrogen) atoms. The maximum atomic E-state index is 13.0. The van der Waals surface area contributed by atoms with Crippen LogP contribution in [0, 0.1) is 12.8 Å². The van der Waals surface area contributed by atoms with Gasteiger partial charge in [0.15, 0.2) is 11.5 Å². The van der Waals surface area contributed by atoms with Gasteiger partial charge in [-0.1, -0.05) is 13.8 Å². The van der Waals surface area contributed by atoms with E-state index in [1.165, 1.54) is 6.07 Å². The minimum Gasteiger partial charge on any atom is -0.493 e. The van der Waals surface area contributed by atoms with Gasteiger partial charge in [-0.15, -0.1) is 0 Å². The van der Waals surface area contributed by atoms with Gasteiger partial charge in [-0.3, -0.25) is 4.98 Å². The number of alkyl halides is 3. The van der Waals surface area contributed by atoms with Crippen LogP contribution in [0.5, 0.6) is 11.5 Å². The molecule has 1 unspecified atom stereocenters. The lowest BCUT2D eigenvalue weighted by molar-refractivity contribution is -0.141. The molecular formula is C23H27F3N4O3. The number of ether oxygens (including phenoxy) is 3. The van der Waals surface area contributed by atoms with Crippen LogP contribution in [0.1, 0.15) is 30.9 Å². The fraction of sp³-hybridized carbons (Fsp3) is 0.435. The third-order valence-corrected chi connectivity index (χ3v) is 5.12. The number of fused-ring (bicyclic) bond motifs is 1. The average Bonchev–Trinajstić information content (AvgIpc) is 2.76. The summed E-state index contributed by atoms with van der Waals surface area (Å²) in [6, 6.07) is 6.04. The van der Waals surface area contributed by atoms with Gasteiger partial charge in [0.1, 0.15) is 23.9 Å². The lowest BCUT2D eigenvalue weighted by atomic mass is 10.1. The van der Waals surface area contributed by atoms with Crippen molar-refractivity contribution in [1.82, 2.24) is 15.0 Å². The molecule has 178 valence electrons. The predicted octanol–water partition coefficient (Wildman–Crippen LogP) is 5.02. The van der Waals surface area contributed by atoms with Gasteiger partial charge in [-0.25, -0.2) is 9.97 Å². The molecule has 0 fully saturated rings. The number of hydrogen-bond acceptors (Lipinski definition) is 7. The quantitative estimate of drug-likeness (QED) is 0.476. The van der Waals surface area contributed by atoms with Crippen LogP contribution in [0.4, 0.5) is 19.0 Å². The van der Waals surface area contributed by atoms with Gasteiger partial charge in [0.2, 0.25) is 0 Å². The molecule has 0 spiro atoms. The predicted molar refractivity (Wildman–Crippen MR) is 119 cm³/mol. The maximum absolute atomic E-state index is 13.0. The van der Waals surface area contributed by atoms with Crippen LogP contribution < -0.4 is 14.8 Å². The van der Waals surface area contributed by atoms with E-state index < -0.39 is 11.9 Å². The summed E-state index contributed by atoms with van der Waals surface area (Å²) >= 11 is 0. The van der Waals surface area contributed by atoms with E-state index in [9.17, 15) is 13.2 Å². The van der Waals surface area contributed by atoms with E-state index in [1.54, 1.807) is 33.3 Å². The third-order valence-electron chi connectivity index (χ3n) is 5.12. The number of aromatic nitrogens is 3. The van der Waals surface area contributed by atoms with Crippen LogP contribution in [0.2, 0.25) is 0 Å². The molecule has 3 aromatic rings. The largest absolute Gasteiger partial charge is 0.493 e. The van der Waals surface area contributed by atoms with Gasteiger partial charge in [0.05, 0.1) is 18.7 Å². The molecule has 1 N–H and O–H groups in total. The molecule has 2 aromatic heterocycles. The van der Waals surface area contributed by atoms with Gasteiger partial charge in [0, 0.05) is 31.3 Å². The van der Waals surface area contributed by atoms with Crippen LogP contribution >= 0.6 is 0 Å². The molecule has 0 aliphatic rings. The first-order chi connectivity index (χ1) is 15.6. The number of nitrogens with one attached hydrogen (secondary N) is 1. The van der Waals surface area contributed by atoms with Crippen molar-refractivity contribution in [3.05, 3.63) is 47.5 Å². The zero-order valence-electron chi connectivity index (χ0n) is 19.2. The van der Waals surface area contributed by atoms with Crippen LogP contribution in [-0.4, -0.2) is 41.9 Å². The summed E-state index contributed by atoms with van der Waals surface area (Å²) in [6.45, 7) is 6.26. The molecule has 0 aliphatic heterocycles. The number of rotatable bonds is 9. The van der Waals surface area contributed by atoms with Gasteiger partial charge < -0.3 is 19.5 Å². The van der Waals surface area contributed by atoms with Crippen molar-refractivity contribution in [3.63, 3.8) is 0 Å². The molecule has 7 nitrogen and oxygen atoms in total. The highest BCUT2D eigenvalue weighted by Crippen LogP contribution is 2.35. The van der Waals surface area contributed by atoms with Crippen molar-refractivity contribution >= 4 is 16.7 Å². The first-order valence-corrected chi connectivity index (χ1v) is 10.4. The second kappa shape index (κ2) is 10.2. The Morgan fingerprint density at radius 1 is 1.06 bits per heavy atom. The van der Waals surface area contributed by atoms with Gasteiger partial charge >= 0.3 is 6.18 Å². The zero-order valence-corrected chi connectivity index (χ0v) is 19.2. The molecule has 2 heterocycles. The number of hydrogen-bond donors (Lipinski definition) is 1. The highest BCUT2D eigenvalue weighted by atomic mass is 19.4. The molecule has 3 rings (SSSR count). The number of halogens is 3. The summed E-state index contributed by atoms with van der Waals surface area (Å²) in [6.07, 6.45) is -3.47. The SMILES string of the molecule is COc1cc2nc(C)nc(NCc3ccnc(C(F)(F)F)c3)c2cc1OCC(OC)C(C)C. The first-order valence-electron chi connectivity index (χ1n) is 10.4. The Balaban J connectivity index is 1.91. The highest BCUT2D eigenvalue weighted by molar-refractivity contribution is 5.91. The Bertz CT molecular complexity index is 1110. The van der Waals surface area contributed by atoms with Gasteiger partial charge in [0.25, 0.3) is 0 Å². The lowest BCUT2D eigenvalue weighted by Crippen LogP contribution is -2.26. The van der Waals surface area contributed by atoms with E-state index in [2.05, 4.69) is 20.3 Å². The van der Waals surface area contributed by atoms with Gasteiger partial charge in [-0.2, -0.15) is 13.2 Å². The van der Waals surface area contributed by atoms with Crippen molar-refractivity contribution < 1.29 is 27.4 Å². The zero-order chi connectivity index (χ0) is 24.2. The van der Waals surface area contributed by atoms with Crippen molar-refractivity contribution in [2.75, 3.05) is 26.1 Å². The molecule has 0 radical (unpaired) electrons. The Kier molecular flexibility index (Phi) is 7.57. The number of methoxy groups -OCH3 is 2. The third kappa shape index (κ3) is 6.01. The van der Waals surface area contributed by atoms with E-state index in [0.717, 1.165) is 12.3 Å². The topological polar surface area (TPSA) is 78.4 Å². The van der Waals surface area contributed by atoms with Crippen LogP contribution in [0.15, 0.2) is 30.5 Å². The fourth-order valence-corrected chi connectivity index (χ4v) is 3.29. The Hall–Kier alpha value is -3.14. The van der Waals surface area contributed by atoms with Crippen LogP contribution in [0.3, 0.4) is 0 Å². The lowest BCUT2D eigenvalue weighted by Gasteiger charge is -2.21. The molecule has 0 aliphatic carbocycles. The second-order valence-electron chi connectivity index (χ2n) is 7.87. The molecule has 0 bridgehead atoms. The summed E-state index contributed by atoms with van der Waals surface area (Å²) in [7, 11) is 3.17. The minimum absolute atomic E-state index is 0.105. The summed E-state index contributed by atoms with van der Waals surface area (Å²) in [5.41, 5.74) is 0.0995. The van der Waals surface area contributed by atoms with Crippen LogP contribution in [-0.2, 0) is 17.5 Å². The maximum Gasteiger partial charge on any atom is 0.433 e. The molecule has 1 atom stereocenters. The van der Waals surface area contributed by atoms with Crippen molar-refractivity contribution in [2.24, 2.45) is 5.92 Å².